The molecule has 27 heavy (non-hydrogen) atoms. The van der Waals surface area contributed by atoms with Crippen LogP contribution in [0.2, 0.25) is 0 Å². The zero-order valence-electron chi connectivity index (χ0n) is 15.2. The van der Waals surface area contributed by atoms with Crippen molar-refractivity contribution in [3.8, 4) is 28.2 Å². The van der Waals surface area contributed by atoms with Gasteiger partial charge in [-0.1, -0.05) is 50.2 Å². The van der Waals surface area contributed by atoms with Crippen LogP contribution in [-0.4, -0.2) is 9.55 Å². The van der Waals surface area contributed by atoms with Crippen molar-refractivity contribution >= 4 is 0 Å². The number of rotatable bonds is 2. The monoisotopic (exact) mass is 528 g/mol. The predicted octanol–water partition coefficient (Wildman–Crippen LogP) is 5.64. The molecule has 1 aromatic heterocycles. The standard InChI is InChI=1S/C24H19N2.Ir/c1-24(2)20-13-7-6-11-18(20)19-12-8-14-21(22(19)24)26-16-15-25-23(26)17-9-4-3-5-10-17;/h3-9,11-16H,1-2H3;/q-1;. The van der Waals surface area contributed by atoms with Crippen LogP contribution < -0.4 is 0 Å². The minimum absolute atomic E-state index is 0. The minimum Gasteiger partial charge on any atom is -0.340 e. The molecule has 135 valence electrons. The molecule has 5 rings (SSSR count). The Labute approximate surface area is 173 Å². The molecule has 0 spiro atoms. The first-order valence-corrected chi connectivity index (χ1v) is 8.92. The van der Waals surface area contributed by atoms with Gasteiger partial charge in [0.05, 0.1) is 5.82 Å². The van der Waals surface area contributed by atoms with E-state index in [2.05, 4.69) is 78.0 Å². The second-order valence-electron chi connectivity index (χ2n) is 7.27. The van der Waals surface area contributed by atoms with E-state index in [1.165, 1.54) is 27.9 Å². The first-order valence-electron chi connectivity index (χ1n) is 8.92. The van der Waals surface area contributed by atoms with E-state index in [0.29, 0.717) is 0 Å². The average Bonchev–Trinajstić information content (AvgIpc) is 3.25. The van der Waals surface area contributed by atoms with Gasteiger partial charge in [0, 0.05) is 43.6 Å². The molecule has 3 heteroatoms. The van der Waals surface area contributed by atoms with Crippen LogP contribution in [0, 0.1) is 6.07 Å². The third-order valence-corrected chi connectivity index (χ3v) is 5.41. The Bertz CT molecular complexity index is 1110. The third-order valence-electron chi connectivity index (χ3n) is 5.41. The summed E-state index contributed by atoms with van der Waals surface area (Å²) >= 11 is 0. The van der Waals surface area contributed by atoms with Crippen LogP contribution in [-0.2, 0) is 25.5 Å². The van der Waals surface area contributed by atoms with E-state index < -0.39 is 0 Å². The molecule has 0 unspecified atom stereocenters. The van der Waals surface area contributed by atoms with Crippen molar-refractivity contribution in [3.05, 3.63) is 96.3 Å². The van der Waals surface area contributed by atoms with Gasteiger partial charge in [-0.2, -0.15) is 0 Å². The molecular weight excluding hydrogens is 508 g/mol. The van der Waals surface area contributed by atoms with Gasteiger partial charge in [-0.3, -0.25) is 4.98 Å². The molecule has 1 aliphatic carbocycles. The Morgan fingerprint density at radius 2 is 1.67 bits per heavy atom. The fraction of sp³-hybridized carbons (Fsp3) is 0.125. The Kier molecular flexibility index (Phi) is 4.38. The van der Waals surface area contributed by atoms with Gasteiger partial charge in [-0.15, -0.1) is 35.9 Å². The van der Waals surface area contributed by atoms with E-state index in [4.69, 9.17) is 0 Å². The van der Waals surface area contributed by atoms with Crippen LogP contribution in [0.4, 0.5) is 0 Å². The van der Waals surface area contributed by atoms with Crippen molar-refractivity contribution in [1.82, 2.24) is 9.55 Å². The van der Waals surface area contributed by atoms with Crippen LogP contribution in [0.15, 0.2) is 79.1 Å². The van der Waals surface area contributed by atoms with Crippen molar-refractivity contribution in [3.63, 3.8) is 0 Å². The molecule has 0 bridgehead atoms. The Hall–Kier alpha value is -2.48. The molecule has 1 heterocycles. The van der Waals surface area contributed by atoms with Gasteiger partial charge in [0.2, 0.25) is 0 Å². The predicted molar refractivity (Wildman–Crippen MR) is 105 cm³/mol. The summed E-state index contributed by atoms with van der Waals surface area (Å²) < 4.78 is 2.19. The van der Waals surface area contributed by atoms with Gasteiger partial charge >= 0.3 is 0 Å². The zero-order valence-corrected chi connectivity index (χ0v) is 17.6. The Morgan fingerprint density at radius 3 is 2.48 bits per heavy atom. The zero-order chi connectivity index (χ0) is 17.7. The third kappa shape index (κ3) is 2.62. The molecule has 0 aliphatic heterocycles. The molecular formula is C24H19IrN2-. The van der Waals surface area contributed by atoms with Crippen molar-refractivity contribution in [2.45, 2.75) is 19.3 Å². The molecule has 2 nitrogen and oxygen atoms in total. The maximum Gasteiger partial charge on any atom is 0.0602 e. The fourth-order valence-corrected chi connectivity index (χ4v) is 4.25. The fourth-order valence-electron chi connectivity index (χ4n) is 4.25. The molecule has 3 aromatic carbocycles. The van der Waals surface area contributed by atoms with Crippen molar-refractivity contribution in [2.75, 3.05) is 0 Å². The van der Waals surface area contributed by atoms with Crippen LogP contribution >= 0.6 is 0 Å². The van der Waals surface area contributed by atoms with E-state index >= 15 is 0 Å². The summed E-state index contributed by atoms with van der Waals surface area (Å²) in [5.41, 5.74) is 7.54. The van der Waals surface area contributed by atoms with Crippen LogP contribution in [0.1, 0.15) is 25.0 Å². The molecule has 1 radical (unpaired) electrons. The molecule has 0 N–H and O–H groups in total. The number of aromatic nitrogens is 2. The summed E-state index contributed by atoms with van der Waals surface area (Å²) in [4.78, 5) is 4.62. The van der Waals surface area contributed by atoms with Gasteiger partial charge < -0.3 is 4.57 Å². The second-order valence-corrected chi connectivity index (χ2v) is 7.27. The molecule has 1 aliphatic rings. The number of nitrogens with zero attached hydrogens (tertiary/aromatic N) is 2. The summed E-state index contributed by atoms with van der Waals surface area (Å²) in [5.74, 6) is 0.922. The molecule has 0 amide bonds. The molecule has 0 fully saturated rings. The smallest absolute Gasteiger partial charge is 0.0602 e. The molecule has 0 atom stereocenters. The minimum atomic E-state index is -0.0511. The van der Waals surface area contributed by atoms with E-state index in [-0.39, 0.29) is 25.5 Å². The maximum atomic E-state index is 4.62. The van der Waals surface area contributed by atoms with Crippen LogP contribution in [0.5, 0.6) is 0 Å². The normalized spacial score (nSPS) is 13.6. The number of hydrogen-bond donors (Lipinski definition) is 0. The second kappa shape index (κ2) is 6.60. The first-order chi connectivity index (χ1) is 12.7. The summed E-state index contributed by atoms with van der Waals surface area (Å²) in [7, 11) is 0. The van der Waals surface area contributed by atoms with E-state index in [0.717, 1.165) is 11.4 Å². The van der Waals surface area contributed by atoms with Gasteiger partial charge in [-0.25, -0.2) is 0 Å². The summed E-state index contributed by atoms with van der Waals surface area (Å²) in [6.07, 6.45) is 3.91. The maximum absolute atomic E-state index is 4.62. The number of hydrogen-bond acceptors (Lipinski definition) is 1. The first kappa shape index (κ1) is 17.9. The Morgan fingerprint density at radius 1 is 0.889 bits per heavy atom. The van der Waals surface area contributed by atoms with E-state index in [1.807, 2.05) is 30.6 Å². The quantitative estimate of drug-likeness (QED) is 0.309. The van der Waals surface area contributed by atoms with Gasteiger partial charge in [0.25, 0.3) is 0 Å². The van der Waals surface area contributed by atoms with Gasteiger partial charge in [0.15, 0.2) is 0 Å². The van der Waals surface area contributed by atoms with Crippen molar-refractivity contribution < 1.29 is 20.1 Å². The van der Waals surface area contributed by atoms with Gasteiger partial charge in [0.1, 0.15) is 0 Å². The summed E-state index contributed by atoms with van der Waals surface area (Å²) in [5, 5.41) is 0. The van der Waals surface area contributed by atoms with E-state index in [9.17, 15) is 0 Å². The topological polar surface area (TPSA) is 17.8 Å². The SMILES string of the molecule is CC1(C)c2ccccc2-c2cccc(-n3ccnc3-c3[c-]cccc3)c21.[Ir]. The largest absolute Gasteiger partial charge is 0.340 e. The van der Waals surface area contributed by atoms with Gasteiger partial charge in [-0.05, 0) is 28.3 Å². The number of fused-ring (bicyclic) bond motifs is 3. The Balaban J connectivity index is 0.00000180. The average molecular weight is 528 g/mol. The summed E-state index contributed by atoms with van der Waals surface area (Å²) in [6.45, 7) is 4.62. The number of benzene rings is 3. The molecule has 0 saturated heterocycles. The van der Waals surface area contributed by atoms with Crippen molar-refractivity contribution in [2.24, 2.45) is 0 Å². The van der Waals surface area contributed by atoms with Crippen molar-refractivity contribution in [1.29, 1.82) is 0 Å². The van der Waals surface area contributed by atoms with Crippen LogP contribution in [0.3, 0.4) is 0 Å². The number of imidazole rings is 1. The summed E-state index contributed by atoms with van der Waals surface area (Å²) in [6, 6.07) is 26.6. The van der Waals surface area contributed by atoms with E-state index in [1.54, 1.807) is 0 Å². The van der Waals surface area contributed by atoms with Crippen LogP contribution in [0.25, 0.3) is 28.2 Å². The molecule has 4 aromatic rings. The molecule has 0 saturated carbocycles.